The Balaban J connectivity index is 1.33. The molecule has 12 heteroatoms. The van der Waals surface area contributed by atoms with Gasteiger partial charge in [0.2, 0.25) is 0 Å². The summed E-state index contributed by atoms with van der Waals surface area (Å²) in [6.45, 7) is 2.95. The molecule has 0 spiro atoms. The van der Waals surface area contributed by atoms with E-state index in [1.807, 2.05) is 31.2 Å². The van der Waals surface area contributed by atoms with Crippen LogP contribution in [0, 0.1) is 6.92 Å². The van der Waals surface area contributed by atoms with Crippen LogP contribution in [0.15, 0.2) is 96.2 Å². The molecule has 3 aromatic heterocycles. The highest BCUT2D eigenvalue weighted by molar-refractivity contribution is 7.90. The molecule has 7 rings (SSSR count). The van der Waals surface area contributed by atoms with Crippen LogP contribution in [0.3, 0.4) is 0 Å². The summed E-state index contributed by atoms with van der Waals surface area (Å²) < 4.78 is 47.0. The Kier molecular flexibility index (Phi) is 8.19. The number of aromatic nitrogens is 3. The van der Waals surface area contributed by atoms with Crippen LogP contribution in [0.5, 0.6) is 5.75 Å². The summed E-state index contributed by atoms with van der Waals surface area (Å²) in [5, 5.41) is 1.61. The fraction of sp³-hybridized carbons (Fsp3) is 0.171. The molecule has 3 aromatic carbocycles. The Labute approximate surface area is 280 Å². The quantitative estimate of drug-likeness (QED) is 0.138. The molecule has 238 valence electrons. The highest BCUT2D eigenvalue weighted by Gasteiger charge is 2.44. The molecular weight excluding hydrogens is 658 g/mol. The van der Waals surface area contributed by atoms with Gasteiger partial charge in [-0.1, -0.05) is 65.7 Å². The SMILES string of the molecule is COc1ccc(COC2(c3ncc(-c4c(Cl)cnc5c4cc(-c4ccc(C=O)cc4)n5S(=O)(=O)c4ccc(C)cc4)s3)COC2)cc1. The van der Waals surface area contributed by atoms with Crippen LogP contribution in [0.4, 0.5) is 0 Å². The Hall–Kier alpha value is -4.39. The van der Waals surface area contributed by atoms with Crippen LogP contribution < -0.4 is 4.74 Å². The van der Waals surface area contributed by atoms with E-state index in [4.69, 9.17) is 30.8 Å². The van der Waals surface area contributed by atoms with Gasteiger partial charge < -0.3 is 14.2 Å². The van der Waals surface area contributed by atoms with Crippen molar-refractivity contribution in [1.82, 2.24) is 13.9 Å². The molecule has 1 aliphatic heterocycles. The smallest absolute Gasteiger partial charge is 0.269 e. The molecule has 1 aliphatic rings. The summed E-state index contributed by atoms with van der Waals surface area (Å²) in [6, 6.07) is 22.8. The van der Waals surface area contributed by atoms with E-state index in [9.17, 15) is 13.2 Å². The minimum absolute atomic E-state index is 0.116. The number of methoxy groups -OCH3 is 1. The van der Waals surface area contributed by atoms with Gasteiger partial charge in [-0.2, -0.15) is 0 Å². The first kappa shape index (κ1) is 31.2. The fourth-order valence-corrected chi connectivity index (χ4v) is 8.34. The number of carbonyl (C=O) groups excluding carboxylic acids is 1. The average molecular weight is 686 g/mol. The standard InChI is InChI=1S/C35H28ClN3O6S2/c1-22-3-13-27(14-4-22)47(41,42)39-30(25-9-5-23(18-40)6-10-25)15-28-32(29(36)16-37-33(28)39)31-17-38-34(46-31)35(20-44-21-35)45-19-24-7-11-26(43-2)12-8-24/h3-18H,19-21H2,1-2H3. The molecule has 1 saturated heterocycles. The van der Waals surface area contributed by atoms with Gasteiger partial charge >= 0.3 is 0 Å². The van der Waals surface area contributed by atoms with E-state index >= 15 is 0 Å². The third-order valence-electron chi connectivity index (χ3n) is 8.13. The van der Waals surface area contributed by atoms with E-state index in [2.05, 4.69) is 4.98 Å². The topological polar surface area (TPSA) is 110 Å². The van der Waals surface area contributed by atoms with Gasteiger partial charge in [0.25, 0.3) is 10.0 Å². The third kappa shape index (κ3) is 5.64. The molecule has 0 N–H and O–H groups in total. The number of thiazole rings is 1. The number of hydrogen-bond acceptors (Lipinski definition) is 9. The maximum atomic E-state index is 14.3. The second-order valence-corrected chi connectivity index (χ2v) is 14.4. The molecule has 0 bridgehead atoms. The van der Waals surface area contributed by atoms with Crippen molar-refractivity contribution in [3.8, 4) is 27.4 Å². The predicted octanol–water partition coefficient (Wildman–Crippen LogP) is 7.29. The number of benzene rings is 3. The van der Waals surface area contributed by atoms with Crippen molar-refractivity contribution in [3.63, 3.8) is 0 Å². The lowest BCUT2D eigenvalue weighted by molar-refractivity contribution is -0.222. The Morgan fingerprint density at radius 1 is 1.00 bits per heavy atom. The Bertz CT molecular complexity index is 2210. The number of hydrogen-bond donors (Lipinski definition) is 0. The number of nitrogens with zero attached hydrogens (tertiary/aromatic N) is 3. The lowest BCUT2D eigenvalue weighted by Gasteiger charge is -2.39. The van der Waals surface area contributed by atoms with Crippen LogP contribution in [0.1, 0.15) is 26.5 Å². The zero-order chi connectivity index (χ0) is 32.8. The van der Waals surface area contributed by atoms with Crippen molar-refractivity contribution in [2.24, 2.45) is 0 Å². The van der Waals surface area contributed by atoms with E-state index in [1.54, 1.807) is 67.9 Å². The molecule has 4 heterocycles. The number of pyridine rings is 1. The lowest BCUT2D eigenvalue weighted by atomic mass is 10.0. The molecule has 0 amide bonds. The second kappa shape index (κ2) is 12.3. The number of ether oxygens (including phenoxy) is 3. The van der Waals surface area contributed by atoms with Crippen molar-refractivity contribution in [2.75, 3.05) is 20.3 Å². The van der Waals surface area contributed by atoms with Gasteiger partial charge in [0.05, 0.1) is 47.4 Å². The monoisotopic (exact) mass is 685 g/mol. The van der Waals surface area contributed by atoms with Crippen molar-refractivity contribution in [3.05, 3.63) is 118 Å². The molecule has 0 radical (unpaired) electrons. The minimum atomic E-state index is -4.11. The average Bonchev–Trinajstić information content (AvgIpc) is 3.71. The first-order valence-corrected chi connectivity index (χ1v) is 17.2. The van der Waals surface area contributed by atoms with Gasteiger partial charge in [-0.25, -0.2) is 22.4 Å². The zero-order valence-corrected chi connectivity index (χ0v) is 27.7. The number of fused-ring (bicyclic) bond motifs is 1. The maximum absolute atomic E-state index is 14.3. The lowest BCUT2D eigenvalue weighted by Crippen LogP contribution is -2.48. The van der Waals surface area contributed by atoms with Gasteiger partial charge in [-0.05, 0) is 48.4 Å². The molecule has 6 aromatic rings. The summed E-state index contributed by atoms with van der Waals surface area (Å²) in [6.07, 6.45) is 3.92. The first-order chi connectivity index (χ1) is 22.7. The van der Waals surface area contributed by atoms with Crippen LogP contribution >= 0.6 is 22.9 Å². The normalized spacial score (nSPS) is 14.2. The van der Waals surface area contributed by atoms with Crippen molar-refractivity contribution < 1.29 is 27.4 Å². The highest BCUT2D eigenvalue weighted by Crippen LogP contribution is 2.45. The van der Waals surface area contributed by atoms with Crippen molar-refractivity contribution >= 4 is 50.3 Å². The molecule has 9 nitrogen and oxygen atoms in total. The van der Waals surface area contributed by atoms with E-state index in [1.165, 1.54) is 21.5 Å². The summed E-state index contributed by atoms with van der Waals surface area (Å²) >= 11 is 8.24. The van der Waals surface area contributed by atoms with E-state index in [0.29, 0.717) is 52.6 Å². The molecule has 0 saturated carbocycles. The summed E-state index contributed by atoms with van der Waals surface area (Å²) in [4.78, 5) is 21.5. The predicted molar refractivity (Wildman–Crippen MR) is 181 cm³/mol. The fourth-order valence-electron chi connectivity index (χ4n) is 5.44. The summed E-state index contributed by atoms with van der Waals surface area (Å²) in [5.41, 5.74) is 3.45. The molecular formula is C35H28ClN3O6S2. The van der Waals surface area contributed by atoms with Crippen LogP contribution in [0.25, 0.3) is 32.7 Å². The van der Waals surface area contributed by atoms with E-state index in [0.717, 1.165) is 33.0 Å². The largest absolute Gasteiger partial charge is 0.497 e. The molecule has 1 fully saturated rings. The number of aldehydes is 1. The number of rotatable bonds is 10. The number of carbonyl (C=O) groups is 1. The van der Waals surface area contributed by atoms with Gasteiger partial charge in [-0.15, -0.1) is 11.3 Å². The van der Waals surface area contributed by atoms with Crippen LogP contribution in [-0.2, 0) is 31.7 Å². The third-order valence-corrected chi connectivity index (χ3v) is 11.3. The highest BCUT2D eigenvalue weighted by atomic mass is 35.5. The Morgan fingerprint density at radius 3 is 2.36 bits per heavy atom. The van der Waals surface area contributed by atoms with Crippen molar-refractivity contribution in [1.29, 1.82) is 0 Å². The second-order valence-electron chi connectivity index (χ2n) is 11.2. The summed E-state index contributed by atoms with van der Waals surface area (Å²) in [5.74, 6) is 0.766. The van der Waals surface area contributed by atoms with Gasteiger partial charge in [0.1, 0.15) is 17.0 Å². The molecule has 0 atom stereocenters. The maximum Gasteiger partial charge on any atom is 0.269 e. The number of halogens is 1. The molecule has 47 heavy (non-hydrogen) atoms. The van der Waals surface area contributed by atoms with Crippen LogP contribution in [-0.4, -0.2) is 49.0 Å². The van der Waals surface area contributed by atoms with Gasteiger partial charge in [-0.3, -0.25) is 4.79 Å². The Morgan fingerprint density at radius 2 is 1.72 bits per heavy atom. The van der Waals surface area contributed by atoms with Crippen molar-refractivity contribution in [2.45, 2.75) is 24.0 Å². The van der Waals surface area contributed by atoms with Gasteiger partial charge in [0.15, 0.2) is 11.2 Å². The van der Waals surface area contributed by atoms with E-state index < -0.39 is 15.6 Å². The number of aryl methyl sites for hydroxylation is 1. The molecule has 0 aliphatic carbocycles. The minimum Gasteiger partial charge on any atom is -0.497 e. The molecule has 0 unspecified atom stereocenters. The first-order valence-electron chi connectivity index (χ1n) is 14.6. The van der Waals surface area contributed by atoms with Crippen LogP contribution in [0.2, 0.25) is 5.02 Å². The zero-order valence-electron chi connectivity index (χ0n) is 25.3. The summed E-state index contributed by atoms with van der Waals surface area (Å²) in [7, 11) is -2.49. The van der Waals surface area contributed by atoms with E-state index in [-0.39, 0.29) is 10.5 Å². The van der Waals surface area contributed by atoms with Gasteiger partial charge in [0, 0.05) is 28.9 Å².